The topological polar surface area (TPSA) is 51.6 Å². The molecule has 5 heterocycles. The molecule has 0 unspecified atom stereocenters. The van der Waals surface area contributed by atoms with E-state index in [9.17, 15) is 0 Å². The largest absolute Gasteiger partial charge is 0.255 e. The third-order valence-electron chi connectivity index (χ3n) is 9.51. The van der Waals surface area contributed by atoms with Gasteiger partial charge in [-0.15, -0.1) is 11.3 Å². The molecule has 0 saturated carbocycles. The highest BCUT2D eigenvalue weighted by atomic mass is 32.1. The molecule has 10 rings (SSSR count). The maximum Gasteiger partial charge on any atom is 0.0900 e. The zero-order valence-electron chi connectivity index (χ0n) is 27.4. The van der Waals surface area contributed by atoms with E-state index in [1.807, 2.05) is 41.7 Å². The standard InChI is InChI=1S/C46H28N4S/c1-3-12-29(13-4-1)32-27-41(39-18-9-10-25-47-39)49-42(28-32)40-20-11-19-37(48-40)31-21-24-43-36(26-31)33-22-23-35-44(46(33)51-43)34-16-7-8-17-38(34)50-45(35)30-14-5-2-6-15-30/h1-28H. The fraction of sp³-hybridized carbons (Fsp3) is 0. The van der Waals surface area contributed by atoms with E-state index < -0.39 is 0 Å². The number of fused-ring (bicyclic) bond motifs is 7. The lowest BCUT2D eigenvalue weighted by molar-refractivity contribution is 1.22. The molecule has 4 nitrogen and oxygen atoms in total. The van der Waals surface area contributed by atoms with Crippen LogP contribution in [0.1, 0.15) is 0 Å². The molecule has 0 fully saturated rings. The van der Waals surface area contributed by atoms with Crippen LogP contribution in [0, 0.1) is 0 Å². The lowest BCUT2D eigenvalue weighted by Gasteiger charge is -2.11. The van der Waals surface area contributed by atoms with Crippen molar-refractivity contribution in [3.05, 3.63) is 170 Å². The first-order chi connectivity index (χ1) is 25.3. The van der Waals surface area contributed by atoms with Gasteiger partial charge in [-0.2, -0.15) is 0 Å². The quantitative estimate of drug-likeness (QED) is 0.171. The molecule has 10 aromatic rings. The Bertz CT molecular complexity index is 2840. The minimum Gasteiger partial charge on any atom is -0.255 e. The van der Waals surface area contributed by atoms with Crippen molar-refractivity contribution in [2.24, 2.45) is 0 Å². The van der Waals surface area contributed by atoms with Crippen LogP contribution in [0.2, 0.25) is 0 Å². The Morgan fingerprint density at radius 1 is 0.373 bits per heavy atom. The summed E-state index contributed by atoms with van der Waals surface area (Å²) in [6, 6.07) is 57.0. The first-order valence-electron chi connectivity index (χ1n) is 17.0. The van der Waals surface area contributed by atoms with Gasteiger partial charge >= 0.3 is 0 Å². The van der Waals surface area contributed by atoms with Gasteiger partial charge in [0, 0.05) is 53.7 Å². The highest BCUT2D eigenvalue weighted by Gasteiger charge is 2.17. The Kier molecular flexibility index (Phi) is 6.96. The zero-order chi connectivity index (χ0) is 33.7. The average molecular weight is 669 g/mol. The van der Waals surface area contributed by atoms with E-state index in [-0.39, 0.29) is 0 Å². The van der Waals surface area contributed by atoms with Crippen LogP contribution in [0.3, 0.4) is 0 Å². The minimum atomic E-state index is 0.807. The number of pyridine rings is 4. The number of aromatic nitrogens is 4. The highest BCUT2D eigenvalue weighted by molar-refractivity contribution is 7.26. The molecule has 0 spiro atoms. The first-order valence-corrected chi connectivity index (χ1v) is 17.8. The molecule has 0 bridgehead atoms. The van der Waals surface area contributed by atoms with Gasteiger partial charge in [0.05, 0.1) is 39.7 Å². The minimum absolute atomic E-state index is 0.807. The second-order valence-corrected chi connectivity index (χ2v) is 13.7. The summed E-state index contributed by atoms with van der Waals surface area (Å²) in [6.45, 7) is 0. The first kappa shape index (κ1) is 29.4. The van der Waals surface area contributed by atoms with Crippen molar-refractivity contribution in [3.63, 3.8) is 0 Å². The van der Waals surface area contributed by atoms with Gasteiger partial charge in [0.15, 0.2) is 0 Å². The molecule has 0 aliphatic carbocycles. The van der Waals surface area contributed by atoms with Crippen LogP contribution in [0.25, 0.3) is 98.3 Å². The number of hydrogen-bond acceptors (Lipinski definition) is 5. The van der Waals surface area contributed by atoms with Gasteiger partial charge in [0.2, 0.25) is 0 Å². The molecular weight excluding hydrogens is 641 g/mol. The molecule has 0 N–H and O–H groups in total. The maximum absolute atomic E-state index is 5.20. The van der Waals surface area contributed by atoms with E-state index in [4.69, 9.17) is 15.0 Å². The molecule has 5 aromatic carbocycles. The van der Waals surface area contributed by atoms with Crippen LogP contribution in [-0.4, -0.2) is 19.9 Å². The molecule has 0 amide bonds. The number of thiophene rings is 1. The lowest BCUT2D eigenvalue weighted by atomic mass is 9.97. The van der Waals surface area contributed by atoms with E-state index in [1.54, 1.807) is 6.20 Å². The molecule has 0 aliphatic rings. The maximum atomic E-state index is 5.20. The summed E-state index contributed by atoms with van der Waals surface area (Å²) >= 11 is 1.85. The number of benzene rings is 5. The Balaban J connectivity index is 1.12. The van der Waals surface area contributed by atoms with Gasteiger partial charge in [-0.3, -0.25) is 4.98 Å². The molecule has 0 radical (unpaired) electrons. The fourth-order valence-corrected chi connectivity index (χ4v) is 8.33. The van der Waals surface area contributed by atoms with Crippen molar-refractivity contribution >= 4 is 53.2 Å². The summed E-state index contributed by atoms with van der Waals surface area (Å²) in [5.41, 5.74) is 10.6. The van der Waals surface area contributed by atoms with E-state index in [2.05, 4.69) is 138 Å². The molecular formula is C46H28N4S. The summed E-state index contributed by atoms with van der Waals surface area (Å²) in [7, 11) is 0. The van der Waals surface area contributed by atoms with Crippen LogP contribution in [0.5, 0.6) is 0 Å². The van der Waals surface area contributed by atoms with Gasteiger partial charge in [-0.05, 0) is 65.7 Å². The van der Waals surface area contributed by atoms with Crippen molar-refractivity contribution in [2.75, 3.05) is 0 Å². The lowest BCUT2D eigenvalue weighted by Crippen LogP contribution is -1.95. The van der Waals surface area contributed by atoms with Crippen LogP contribution in [0.4, 0.5) is 0 Å². The number of hydrogen-bond donors (Lipinski definition) is 0. The summed E-state index contributed by atoms with van der Waals surface area (Å²) in [5, 5.41) is 6.07. The summed E-state index contributed by atoms with van der Waals surface area (Å²) in [6.07, 6.45) is 1.80. The van der Waals surface area contributed by atoms with Gasteiger partial charge in [0.25, 0.3) is 0 Å². The van der Waals surface area contributed by atoms with Crippen LogP contribution in [0.15, 0.2) is 170 Å². The Hall–Kier alpha value is -6.56. The van der Waals surface area contributed by atoms with Gasteiger partial charge < -0.3 is 0 Å². The predicted molar refractivity (Wildman–Crippen MR) is 213 cm³/mol. The Morgan fingerprint density at radius 2 is 1.06 bits per heavy atom. The second-order valence-electron chi connectivity index (χ2n) is 12.6. The smallest absolute Gasteiger partial charge is 0.0900 e. The highest BCUT2D eigenvalue weighted by Crippen LogP contribution is 2.44. The molecule has 0 saturated heterocycles. The fourth-order valence-electron chi connectivity index (χ4n) is 7.09. The van der Waals surface area contributed by atoms with Crippen molar-refractivity contribution in [1.82, 2.24) is 19.9 Å². The third kappa shape index (κ3) is 5.14. The van der Waals surface area contributed by atoms with Crippen LogP contribution < -0.4 is 0 Å². The van der Waals surface area contributed by atoms with Crippen molar-refractivity contribution < 1.29 is 0 Å². The molecule has 5 aromatic heterocycles. The average Bonchev–Trinajstić information content (AvgIpc) is 3.59. The molecule has 0 aliphatic heterocycles. The van der Waals surface area contributed by atoms with Crippen LogP contribution in [-0.2, 0) is 0 Å². The van der Waals surface area contributed by atoms with E-state index in [0.717, 1.165) is 61.9 Å². The van der Waals surface area contributed by atoms with E-state index in [0.29, 0.717) is 0 Å². The van der Waals surface area contributed by atoms with Gasteiger partial charge in [-0.1, -0.05) is 109 Å². The third-order valence-corrected chi connectivity index (χ3v) is 10.7. The van der Waals surface area contributed by atoms with Gasteiger partial charge in [0.1, 0.15) is 0 Å². The van der Waals surface area contributed by atoms with Crippen molar-refractivity contribution in [2.45, 2.75) is 0 Å². The second kappa shape index (κ2) is 12.1. The molecule has 0 atom stereocenters. The van der Waals surface area contributed by atoms with E-state index >= 15 is 0 Å². The van der Waals surface area contributed by atoms with E-state index in [1.165, 1.54) is 36.3 Å². The molecule has 51 heavy (non-hydrogen) atoms. The molecule has 5 heteroatoms. The summed E-state index contributed by atoms with van der Waals surface area (Å²) in [4.78, 5) is 20.0. The normalized spacial score (nSPS) is 11.5. The monoisotopic (exact) mass is 668 g/mol. The summed E-state index contributed by atoms with van der Waals surface area (Å²) < 4.78 is 2.53. The summed E-state index contributed by atoms with van der Waals surface area (Å²) in [5.74, 6) is 0. The SMILES string of the molecule is c1ccc(-c2cc(-c3ccccn3)nc(-c3cccc(-c4ccc5sc6c(ccc7c(-c8ccccc8)nc8ccccc8c76)c5c4)n3)c2)cc1. The predicted octanol–water partition coefficient (Wildman–Crippen LogP) is 12.3. The van der Waals surface area contributed by atoms with Crippen molar-refractivity contribution in [3.8, 4) is 56.4 Å². The Morgan fingerprint density at radius 3 is 1.88 bits per heavy atom. The zero-order valence-corrected chi connectivity index (χ0v) is 28.2. The molecule has 238 valence electrons. The number of rotatable bonds is 5. The Labute approximate surface area is 298 Å². The van der Waals surface area contributed by atoms with Crippen molar-refractivity contribution in [1.29, 1.82) is 0 Å². The van der Waals surface area contributed by atoms with Gasteiger partial charge in [-0.25, -0.2) is 15.0 Å². The number of para-hydroxylation sites is 1. The van der Waals surface area contributed by atoms with Crippen LogP contribution >= 0.6 is 11.3 Å². The number of nitrogens with zero attached hydrogens (tertiary/aromatic N) is 4.